The van der Waals surface area contributed by atoms with E-state index >= 15 is 0 Å². The number of carbonyl (C=O) groups excluding carboxylic acids is 1. The van der Waals surface area contributed by atoms with Crippen LogP contribution in [0.25, 0.3) is 0 Å². The Balaban J connectivity index is 1.33. The Labute approximate surface area is 183 Å². The van der Waals surface area contributed by atoms with Crippen LogP contribution in [-0.2, 0) is 9.53 Å². The zero-order chi connectivity index (χ0) is 21.1. The molecule has 1 aliphatic carbocycles. The quantitative estimate of drug-likeness (QED) is 0.731. The van der Waals surface area contributed by atoms with Crippen molar-refractivity contribution >= 4 is 28.7 Å². The van der Waals surface area contributed by atoms with Crippen LogP contribution in [0.1, 0.15) is 40.0 Å². The number of rotatable bonds is 2. The molecule has 1 N–H and O–H groups in total. The highest BCUT2D eigenvalue weighted by molar-refractivity contribution is 8.14. The number of amidine groups is 2. The summed E-state index contributed by atoms with van der Waals surface area (Å²) >= 11 is 1.53. The number of nitrogens with zero attached hydrogens (tertiary/aromatic N) is 4. The van der Waals surface area contributed by atoms with Crippen LogP contribution in [0.15, 0.2) is 45.3 Å². The van der Waals surface area contributed by atoms with Crippen molar-refractivity contribution in [1.29, 1.82) is 0 Å². The first kappa shape index (κ1) is 21.2. The van der Waals surface area contributed by atoms with Gasteiger partial charge in [0.05, 0.1) is 17.6 Å². The molecule has 4 rings (SSSR count). The lowest BCUT2D eigenvalue weighted by atomic mass is 9.98. The van der Waals surface area contributed by atoms with Crippen molar-refractivity contribution in [3.05, 3.63) is 35.1 Å². The van der Waals surface area contributed by atoms with E-state index in [1.807, 2.05) is 0 Å². The van der Waals surface area contributed by atoms with E-state index in [0.717, 1.165) is 57.0 Å². The molecule has 1 unspecified atom stereocenters. The number of allylic oxidation sites excluding steroid dienone is 3. The summed E-state index contributed by atoms with van der Waals surface area (Å²) in [6.07, 6.45) is 10.3. The van der Waals surface area contributed by atoms with Crippen LogP contribution < -0.4 is 5.32 Å². The van der Waals surface area contributed by atoms with E-state index in [1.54, 1.807) is 0 Å². The highest BCUT2D eigenvalue weighted by atomic mass is 32.2. The Morgan fingerprint density at radius 1 is 1.27 bits per heavy atom. The van der Waals surface area contributed by atoms with Gasteiger partial charge in [0.15, 0.2) is 5.17 Å². The Morgan fingerprint density at radius 2 is 2.07 bits per heavy atom. The van der Waals surface area contributed by atoms with Gasteiger partial charge in [-0.1, -0.05) is 30.0 Å². The van der Waals surface area contributed by atoms with Crippen LogP contribution in [-0.4, -0.2) is 70.8 Å². The summed E-state index contributed by atoms with van der Waals surface area (Å²) in [5.74, 6) is 2.83. The molecule has 0 radical (unpaired) electrons. The van der Waals surface area contributed by atoms with E-state index in [9.17, 15) is 4.79 Å². The van der Waals surface area contributed by atoms with Gasteiger partial charge in [-0.2, -0.15) is 0 Å². The maximum Gasteiger partial charge on any atom is 0.222 e. The summed E-state index contributed by atoms with van der Waals surface area (Å²) in [6, 6.07) is 0.400. The molecule has 1 fully saturated rings. The van der Waals surface area contributed by atoms with Gasteiger partial charge in [0.25, 0.3) is 0 Å². The van der Waals surface area contributed by atoms with E-state index < -0.39 is 0 Å². The number of hydrogen-bond donors (Lipinski definition) is 1. The second-order valence-corrected chi connectivity index (χ2v) is 9.21. The van der Waals surface area contributed by atoms with Gasteiger partial charge in [-0.3, -0.25) is 9.69 Å². The number of nitrogens with one attached hydrogen (secondary N) is 1. The van der Waals surface area contributed by atoms with Crippen molar-refractivity contribution in [3.63, 3.8) is 0 Å². The summed E-state index contributed by atoms with van der Waals surface area (Å²) in [6.45, 7) is 9.86. The molecule has 30 heavy (non-hydrogen) atoms. The van der Waals surface area contributed by atoms with Crippen LogP contribution in [0, 0.1) is 0 Å². The number of hydrogen-bond acceptors (Lipinski definition) is 7. The largest absolute Gasteiger partial charge is 0.494 e. The Hall–Kier alpha value is -2.06. The molecule has 3 aliphatic heterocycles. The molecule has 8 heteroatoms. The molecule has 7 nitrogen and oxygen atoms in total. The number of piperazine rings is 1. The molecule has 0 aromatic carbocycles. The average molecular weight is 430 g/mol. The highest BCUT2D eigenvalue weighted by Gasteiger charge is 2.27. The third kappa shape index (κ3) is 4.98. The number of amides is 1. The molecule has 3 heterocycles. The molecule has 2 atom stereocenters. The van der Waals surface area contributed by atoms with Crippen molar-refractivity contribution < 1.29 is 9.53 Å². The third-order valence-electron chi connectivity index (χ3n) is 6.02. The number of thioether (sulfide) groups is 1. The van der Waals surface area contributed by atoms with Gasteiger partial charge in [-0.05, 0) is 31.4 Å². The molecular formula is C22H31N5O2S. The molecule has 0 aromatic heterocycles. The summed E-state index contributed by atoms with van der Waals surface area (Å²) in [5, 5.41) is 11.8. The maximum absolute atomic E-state index is 11.1. The molecule has 1 amide bonds. The monoisotopic (exact) mass is 429 g/mol. The van der Waals surface area contributed by atoms with Crippen molar-refractivity contribution in [3.8, 4) is 0 Å². The van der Waals surface area contributed by atoms with Gasteiger partial charge in [0.1, 0.15) is 5.84 Å². The standard InChI is InChI=1S/C22H31N5O2S/c1-15-13-19-8-7-18(5-4-6-20(19)29-15)16(2)26-9-11-27(12-10-26)21-14-30-22(25-24-21)23-17(3)28/h5,7-8,15-16H,4,6,9-14H2,1-3H3,(H,23,25,28)/t15-,16?/m1/s1. The number of carbonyl (C=O) groups is 1. The Bertz CT molecular complexity index is 836. The normalized spacial score (nSPS) is 26.0. The zero-order valence-electron chi connectivity index (χ0n) is 18.1. The van der Waals surface area contributed by atoms with Gasteiger partial charge in [0, 0.05) is 52.0 Å². The van der Waals surface area contributed by atoms with E-state index in [-0.39, 0.29) is 5.91 Å². The zero-order valence-corrected chi connectivity index (χ0v) is 18.9. The van der Waals surface area contributed by atoms with Gasteiger partial charge in [0.2, 0.25) is 5.91 Å². The van der Waals surface area contributed by atoms with Crippen molar-refractivity contribution in [1.82, 2.24) is 15.1 Å². The summed E-state index contributed by atoms with van der Waals surface area (Å²) in [4.78, 5) is 16.0. The first-order valence-corrected chi connectivity index (χ1v) is 11.8. The molecule has 1 saturated heterocycles. The van der Waals surface area contributed by atoms with Gasteiger partial charge < -0.3 is 15.0 Å². The van der Waals surface area contributed by atoms with Crippen LogP contribution in [0.4, 0.5) is 0 Å². The lowest BCUT2D eigenvalue weighted by Crippen LogP contribution is -2.52. The first-order valence-electron chi connectivity index (χ1n) is 10.8. The van der Waals surface area contributed by atoms with Gasteiger partial charge in [-0.25, -0.2) is 0 Å². The smallest absolute Gasteiger partial charge is 0.222 e. The predicted octanol–water partition coefficient (Wildman–Crippen LogP) is 2.88. The minimum absolute atomic E-state index is 0.109. The third-order valence-corrected chi connectivity index (χ3v) is 6.88. The van der Waals surface area contributed by atoms with Crippen LogP contribution in [0.3, 0.4) is 0 Å². The second kappa shape index (κ2) is 9.39. The Morgan fingerprint density at radius 3 is 2.77 bits per heavy atom. The highest BCUT2D eigenvalue weighted by Crippen LogP contribution is 2.31. The van der Waals surface area contributed by atoms with Gasteiger partial charge in [-0.15, -0.1) is 10.2 Å². The predicted molar refractivity (Wildman–Crippen MR) is 122 cm³/mol. The van der Waals surface area contributed by atoms with E-state index in [2.05, 4.69) is 57.4 Å². The van der Waals surface area contributed by atoms with Crippen molar-refractivity contribution in [2.75, 3.05) is 31.9 Å². The summed E-state index contributed by atoms with van der Waals surface area (Å²) in [7, 11) is 0. The minimum Gasteiger partial charge on any atom is -0.494 e. The van der Waals surface area contributed by atoms with Crippen LogP contribution >= 0.6 is 11.8 Å². The van der Waals surface area contributed by atoms with E-state index in [1.165, 1.54) is 35.6 Å². The molecule has 0 saturated carbocycles. The first-order chi connectivity index (χ1) is 14.5. The topological polar surface area (TPSA) is 69.5 Å². The average Bonchev–Trinajstić information content (AvgIpc) is 3.07. The molecule has 0 bridgehead atoms. The molecule has 0 spiro atoms. The molecule has 4 aliphatic rings. The molecule has 0 aromatic rings. The van der Waals surface area contributed by atoms with E-state index in [0.29, 0.717) is 17.3 Å². The SMILES string of the molecule is CC(=O)NC1=NN=C(N2CCN(C(C)C3=CCCC4=C(C=C3)C[C@@H](C)O4)CC2)CS1. The lowest BCUT2D eigenvalue weighted by Gasteiger charge is -2.40. The van der Waals surface area contributed by atoms with Crippen LogP contribution in [0.5, 0.6) is 0 Å². The van der Waals surface area contributed by atoms with Crippen molar-refractivity contribution in [2.45, 2.75) is 52.2 Å². The fourth-order valence-electron chi connectivity index (χ4n) is 4.35. The van der Waals surface area contributed by atoms with E-state index in [4.69, 9.17) is 4.74 Å². The van der Waals surface area contributed by atoms with Gasteiger partial charge >= 0.3 is 0 Å². The fourth-order valence-corrected chi connectivity index (χ4v) is 5.17. The summed E-state index contributed by atoms with van der Waals surface area (Å²) in [5.41, 5.74) is 2.78. The fraction of sp³-hybridized carbons (Fsp3) is 0.591. The second-order valence-electron chi connectivity index (χ2n) is 8.25. The summed E-state index contributed by atoms with van der Waals surface area (Å²) < 4.78 is 5.95. The van der Waals surface area contributed by atoms with Crippen molar-refractivity contribution in [2.24, 2.45) is 10.2 Å². The number of ether oxygens (including phenoxy) is 1. The minimum atomic E-state index is -0.109. The molecule has 162 valence electrons. The molecular weight excluding hydrogens is 398 g/mol. The maximum atomic E-state index is 11.1. The lowest BCUT2D eigenvalue weighted by molar-refractivity contribution is -0.117. The Kier molecular flexibility index (Phi) is 6.63. The van der Waals surface area contributed by atoms with Crippen LogP contribution in [0.2, 0.25) is 0 Å².